The molecule has 2 N–H and O–H groups in total. The Bertz CT molecular complexity index is 478. The van der Waals surface area contributed by atoms with Gasteiger partial charge in [-0.3, -0.25) is 15.4 Å². The van der Waals surface area contributed by atoms with E-state index in [1.165, 1.54) is 38.5 Å². The van der Waals surface area contributed by atoms with Gasteiger partial charge in [0.15, 0.2) is 0 Å². The largest absolute Gasteiger partial charge is 0.372 e. The average Bonchev–Trinajstić information content (AvgIpc) is 2.75. The lowest BCUT2D eigenvalue weighted by atomic mass is 9.91. The highest BCUT2D eigenvalue weighted by atomic mass is 19.1. The molecular weight excluding hydrogens is 345 g/mol. The van der Waals surface area contributed by atoms with Crippen LogP contribution in [0.1, 0.15) is 78.1 Å². The summed E-state index contributed by atoms with van der Waals surface area (Å²) in [6.07, 6.45) is 9.66. The van der Waals surface area contributed by atoms with E-state index in [0.29, 0.717) is 13.0 Å². The summed E-state index contributed by atoms with van der Waals surface area (Å²) in [5, 5.41) is 7.34. The number of halogens is 1. The van der Waals surface area contributed by atoms with Crippen LogP contribution in [0, 0.1) is 0 Å². The number of carbonyl (C=O) groups is 1. The Kier molecular flexibility index (Phi) is 7.51. The van der Waals surface area contributed by atoms with Crippen LogP contribution in [0.4, 0.5) is 4.39 Å². The lowest BCUT2D eigenvalue weighted by Gasteiger charge is -2.45. The van der Waals surface area contributed by atoms with Crippen molar-refractivity contribution >= 4 is 5.91 Å². The number of hydrogen-bond donors (Lipinski definition) is 2. The highest BCUT2D eigenvalue weighted by Crippen LogP contribution is 2.28. The molecule has 5 nitrogen and oxygen atoms in total. The molecule has 3 aliphatic rings. The van der Waals surface area contributed by atoms with E-state index in [4.69, 9.17) is 4.74 Å². The molecule has 1 spiro atoms. The number of nitrogens with one attached hydrogen (secondary N) is 2. The van der Waals surface area contributed by atoms with E-state index in [1.807, 2.05) is 13.8 Å². The Morgan fingerprint density at radius 3 is 2.41 bits per heavy atom. The normalized spacial score (nSPS) is 32.7. The van der Waals surface area contributed by atoms with Crippen molar-refractivity contribution < 1.29 is 13.9 Å². The molecule has 27 heavy (non-hydrogen) atoms. The van der Waals surface area contributed by atoms with Crippen molar-refractivity contribution in [2.24, 2.45) is 0 Å². The van der Waals surface area contributed by atoms with Crippen LogP contribution in [-0.2, 0) is 9.53 Å². The molecule has 1 saturated carbocycles. The predicted molar refractivity (Wildman–Crippen MR) is 105 cm³/mol. The van der Waals surface area contributed by atoms with Crippen LogP contribution in [0.3, 0.4) is 0 Å². The number of likely N-dealkylation sites (tertiary alicyclic amines) is 1. The van der Waals surface area contributed by atoms with Crippen LogP contribution >= 0.6 is 0 Å². The fourth-order valence-electron chi connectivity index (χ4n) is 4.91. The minimum atomic E-state index is -1.09. The summed E-state index contributed by atoms with van der Waals surface area (Å²) in [5.41, 5.74) is -0.114. The van der Waals surface area contributed by atoms with E-state index in [-0.39, 0.29) is 36.4 Å². The monoisotopic (exact) mass is 383 g/mol. The molecular formula is C21H38FN3O2. The van der Waals surface area contributed by atoms with Gasteiger partial charge in [-0.25, -0.2) is 4.39 Å². The number of nitrogens with zero attached hydrogens (tertiary/aromatic N) is 1. The number of ether oxygens (including phenoxy) is 1. The standard InChI is InChI=1S/C21H38FN3O2/c1-16(2)27-19-10-14-25(15-17(19)22)20(26)18-9-13-23-21(24-18)11-7-5-3-4-6-8-12-21/h16-19,23-24H,3-15H2,1-2H3/t17-,18?,19+/m1/s1. The quantitative estimate of drug-likeness (QED) is 0.786. The molecule has 6 heteroatoms. The summed E-state index contributed by atoms with van der Waals surface area (Å²) in [6, 6.07) is -0.193. The maximum atomic E-state index is 14.5. The highest BCUT2D eigenvalue weighted by molar-refractivity contribution is 5.82. The molecule has 1 aliphatic carbocycles. The van der Waals surface area contributed by atoms with Gasteiger partial charge in [-0.05, 0) is 46.1 Å². The van der Waals surface area contributed by atoms with Gasteiger partial charge >= 0.3 is 0 Å². The molecule has 156 valence electrons. The predicted octanol–water partition coefficient (Wildman–Crippen LogP) is 3.13. The molecule has 1 amide bonds. The molecule has 1 unspecified atom stereocenters. The van der Waals surface area contributed by atoms with Gasteiger partial charge in [-0.15, -0.1) is 0 Å². The molecule has 3 atom stereocenters. The number of amides is 1. The number of piperidine rings is 1. The van der Waals surface area contributed by atoms with Crippen LogP contribution in [0.25, 0.3) is 0 Å². The first-order valence-corrected chi connectivity index (χ1v) is 11.1. The van der Waals surface area contributed by atoms with E-state index in [2.05, 4.69) is 10.6 Å². The molecule has 2 heterocycles. The summed E-state index contributed by atoms with van der Waals surface area (Å²) in [4.78, 5) is 14.8. The molecule has 3 rings (SSSR count). The first-order valence-electron chi connectivity index (χ1n) is 11.1. The van der Waals surface area contributed by atoms with Gasteiger partial charge in [-0.1, -0.05) is 38.5 Å². The number of hydrogen-bond acceptors (Lipinski definition) is 4. The van der Waals surface area contributed by atoms with E-state index >= 15 is 0 Å². The Balaban J connectivity index is 1.58. The SMILES string of the molecule is CC(C)O[C@H]1CCN(C(=O)C2CCNC3(CCCCCCCC3)N2)C[C@H]1F. The van der Waals surface area contributed by atoms with Crippen molar-refractivity contribution in [2.75, 3.05) is 19.6 Å². The van der Waals surface area contributed by atoms with Gasteiger partial charge in [0, 0.05) is 6.54 Å². The van der Waals surface area contributed by atoms with Crippen molar-refractivity contribution in [1.29, 1.82) is 0 Å². The van der Waals surface area contributed by atoms with Crippen molar-refractivity contribution in [3.63, 3.8) is 0 Å². The van der Waals surface area contributed by atoms with Crippen molar-refractivity contribution in [1.82, 2.24) is 15.5 Å². The van der Waals surface area contributed by atoms with Gasteiger partial charge in [0.1, 0.15) is 6.17 Å². The molecule has 0 aromatic rings. The molecule has 0 bridgehead atoms. The van der Waals surface area contributed by atoms with Crippen LogP contribution in [0.5, 0.6) is 0 Å². The highest BCUT2D eigenvalue weighted by Gasteiger charge is 2.40. The van der Waals surface area contributed by atoms with E-state index in [1.54, 1.807) is 4.90 Å². The van der Waals surface area contributed by atoms with E-state index in [9.17, 15) is 9.18 Å². The number of rotatable bonds is 3. The third-order valence-corrected chi connectivity index (χ3v) is 6.34. The molecule has 3 fully saturated rings. The molecule has 0 aromatic heterocycles. The molecule has 0 aromatic carbocycles. The average molecular weight is 384 g/mol. The van der Waals surface area contributed by atoms with Gasteiger partial charge in [0.05, 0.1) is 30.5 Å². The van der Waals surface area contributed by atoms with E-state index in [0.717, 1.165) is 25.8 Å². The summed E-state index contributed by atoms with van der Waals surface area (Å²) >= 11 is 0. The summed E-state index contributed by atoms with van der Waals surface area (Å²) in [7, 11) is 0. The molecule has 2 saturated heterocycles. The van der Waals surface area contributed by atoms with Crippen molar-refractivity contribution in [2.45, 2.75) is 108 Å². The lowest BCUT2D eigenvalue weighted by Crippen LogP contribution is -2.68. The maximum absolute atomic E-state index is 14.5. The zero-order chi connectivity index (χ0) is 19.3. The van der Waals surface area contributed by atoms with Crippen molar-refractivity contribution in [3.8, 4) is 0 Å². The Morgan fingerprint density at radius 1 is 1.11 bits per heavy atom. The van der Waals surface area contributed by atoms with Crippen LogP contribution in [-0.4, -0.2) is 60.5 Å². The minimum Gasteiger partial charge on any atom is -0.372 e. The van der Waals surface area contributed by atoms with Crippen molar-refractivity contribution in [3.05, 3.63) is 0 Å². The van der Waals surface area contributed by atoms with Crippen LogP contribution in [0.2, 0.25) is 0 Å². The first-order chi connectivity index (χ1) is 13.0. The lowest BCUT2D eigenvalue weighted by molar-refractivity contribution is -0.142. The smallest absolute Gasteiger partial charge is 0.239 e. The second-order valence-electron chi connectivity index (χ2n) is 8.93. The summed E-state index contributed by atoms with van der Waals surface area (Å²) in [5.74, 6) is 0.0707. The minimum absolute atomic E-state index is 0.0184. The summed E-state index contributed by atoms with van der Waals surface area (Å²) in [6.45, 7) is 5.47. The third-order valence-electron chi connectivity index (χ3n) is 6.34. The van der Waals surface area contributed by atoms with E-state index < -0.39 is 6.17 Å². The Labute approximate surface area is 163 Å². The van der Waals surface area contributed by atoms with Crippen LogP contribution in [0.15, 0.2) is 0 Å². The Morgan fingerprint density at radius 2 is 1.78 bits per heavy atom. The zero-order valence-corrected chi connectivity index (χ0v) is 17.1. The second kappa shape index (κ2) is 9.66. The Hall–Kier alpha value is -0.720. The van der Waals surface area contributed by atoms with Gasteiger partial charge in [-0.2, -0.15) is 0 Å². The topological polar surface area (TPSA) is 53.6 Å². The van der Waals surface area contributed by atoms with Gasteiger partial charge < -0.3 is 9.64 Å². The summed E-state index contributed by atoms with van der Waals surface area (Å²) < 4.78 is 20.2. The maximum Gasteiger partial charge on any atom is 0.239 e. The first kappa shape index (κ1) is 21.0. The number of carbonyl (C=O) groups excluding carboxylic acids is 1. The fraction of sp³-hybridized carbons (Fsp3) is 0.952. The zero-order valence-electron chi connectivity index (χ0n) is 17.1. The molecule has 2 aliphatic heterocycles. The molecule has 0 radical (unpaired) electrons. The van der Waals surface area contributed by atoms with Gasteiger partial charge in [0.25, 0.3) is 0 Å². The fourth-order valence-corrected chi connectivity index (χ4v) is 4.91. The third kappa shape index (κ3) is 5.64. The second-order valence-corrected chi connectivity index (χ2v) is 8.93. The number of alkyl halides is 1. The van der Waals surface area contributed by atoms with Crippen LogP contribution < -0.4 is 10.6 Å². The van der Waals surface area contributed by atoms with Gasteiger partial charge in [0.2, 0.25) is 5.91 Å².